The largest absolute Gasteiger partial charge is 0.491 e. The summed E-state index contributed by atoms with van der Waals surface area (Å²) in [7, 11) is 1.52. The molecule has 0 amide bonds. The van der Waals surface area contributed by atoms with Crippen molar-refractivity contribution in [2.45, 2.75) is 13.5 Å². The van der Waals surface area contributed by atoms with Crippen molar-refractivity contribution < 1.29 is 23.4 Å². The number of fused-ring (bicyclic) bond motifs is 1. The molecule has 27 heavy (non-hydrogen) atoms. The summed E-state index contributed by atoms with van der Waals surface area (Å²) in [4.78, 5) is 16.2. The van der Waals surface area contributed by atoms with E-state index in [1.807, 2.05) is 25.1 Å². The first-order chi connectivity index (χ1) is 13.1. The van der Waals surface area contributed by atoms with Crippen LogP contribution in [0.1, 0.15) is 18.4 Å². The highest BCUT2D eigenvalue weighted by atomic mass is 35.5. The van der Waals surface area contributed by atoms with Crippen molar-refractivity contribution in [2.75, 3.05) is 13.7 Å². The lowest BCUT2D eigenvalue weighted by Gasteiger charge is -2.11. The van der Waals surface area contributed by atoms with E-state index >= 15 is 0 Å². The van der Waals surface area contributed by atoms with Crippen LogP contribution >= 0.6 is 11.6 Å². The standard InChI is InChI=1S/C20H18ClNO5/c1-3-25-17-11-13(10-14(21)20(17)24-2)8-9-19(23)26-12-18-22-15-6-4-5-7-16(15)27-18/h4-11H,3,12H2,1-2H3/b9-8+. The highest BCUT2D eigenvalue weighted by molar-refractivity contribution is 6.32. The summed E-state index contributed by atoms with van der Waals surface area (Å²) < 4.78 is 21.4. The van der Waals surface area contributed by atoms with Gasteiger partial charge in [-0.05, 0) is 42.8 Å². The zero-order valence-electron chi connectivity index (χ0n) is 14.9. The molecule has 1 aromatic heterocycles. The molecule has 6 nitrogen and oxygen atoms in total. The molecule has 0 bridgehead atoms. The van der Waals surface area contributed by atoms with Crippen molar-refractivity contribution in [2.24, 2.45) is 0 Å². The number of hydrogen-bond donors (Lipinski definition) is 0. The number of halogens is 1. The van der Waals surface area contributed by atoms with Crippen LogP contribution in [0.5, 0.6) is 11.5 Å². The molecule has 0 atom stereocenters. The van der Waals surface area contributed by atoms with Gasteiger partial charge in [0.05, 0.1) is 18.7 Å². The Morgan fingerprint density at radius 1 is 1.30 bits per heavy atom. The third-order valence-electron chi connectivity index (χ3n) is 3.62. The fourth-order valence-electron chi connectivity index (χ4n) is 2.47. The monoisotopic (exact) mass is 387 g/mol. The van der Waals surface area contributed by atoms with E-state index in [9.17, 15) is 4.79 Å². The molecule has 0 saturated heterocycles. The van der Waals surface area contributed by atoms with Crippen LogP contribution in [0.4, 0.5) is 0 Å². The van der Waals surface area contributed by atoms with Gasteiger partial charge in [-0.1, -0.05) is 23.7 Å². The minimum absolute atomic E-state index is 0.0502. The second kappa shape index (κ2) is 8.60. The highest BCUT2D eigenvalue weighted by Crippen LogP contribution is 2.36. The fraction of sp³-hybridized carbons (Fsp3) is 0.200. The number of benzene rings is 2. The van der Waals surface area contributed by atoms with E-state index in [1.165, 1.54) is 13.2 Å². The highest BCUT2D eigenvalue weighted by Gasteiger charge is 2.11. The first-order valence-corrected chi connectivity index (χ1v) is 8.68. The zero-order valence-corrected chi connectivity index (χ0v) is 15.7. The summed E-state index contributed by atoms with van der Waals surface area (Å²) in [5.74, 6) is 0.771. The van der Waals surface area contributed by atoms with Crippen molar-refractivity contribution in [1.29, 1.82) is 0 Å². The van der Waals surface area contributed by atoms with Crippen LogP contribution in [0, 0.1) is 0 Å². The first-order valence-electron chi connectivity index (χ1n) is 8.30. The Balaban J connectivity index is 1.65. The molecule has 0 spiro atoms. The molecule has 0 N–H and O–H groups in total. The van der Waals surface area contributed by atoms with E-state index in [2.05, 4.69) is 4.98 Å². The molecule has 2 aromatic carbocycles. The summed E-state index contributed by atoms with van der Waals surface area (Å²) in [6.45, 7) is 2.27. The maximum Gasteiger partial charge on any atom is 0.331 e. The van der Waals surface area contributed by atoms with E-state index in [0.29, 0.717) is 40.2 Å². The number of rotatable bonds is 7. The van der Waals surface area contributed by atoms with Crippen molar-refractivity contribution >= 4 is 34.7 Å². The topological polar surface area (TPSA) is 70.8 Å². The maximum absolute atomic E-state index is 12.0. The van der Waals surface area contributed by atoms with Gasteiger partial charge in [-0.15, -0.1) is 0 Å². The lowest BCUT2D eigenvalue weighted by atomic mass is 10.2. The van der Waals surface area contributed by atoms with E-state index in [0.717, 1.165) is 5.52 Å². The molecule has 0 radical (unpaired) electrons. The summed E-state index contributed by atoms with van der Waals surface area (Å²) in [5, 5.41) is 0.392. The lowest BCUT2D eigenvalue weighted by Crippen LogP contribution is -2.01. The van der Waals surface area contributed by atoms with E-state index < -0.39 is 5.97 Å². The van der Waals surface area contributed by atoms with Gasteiger partial charge in [-0.25, -0.2) is 9.78 Å². The number of carbonyl (C=O) groups excluding carboxylic acids is 1. The van der Waals surface area contributed by atoms with Crippen molar-refractivity contribution in [3.8, 4) is 11.5 Å². The number of nitrogens with zero attached hydrogens (tertiary/aromatic N) is 1. The Kier molecular flexibility index (Phi) is 5.98. The molecule has 0 aliphatic rings. The lowest BCUT2D eigenvalue weighted by molar-refractivity contribution is -0.139. The fourth-order valence-corrected chi connectivity index (χ4v) is 2.77. The maximum atomic E-state index is 12.0. The smallest absolute Gasteiger partial charge is 0.331 e. The minimum Gasteiger partial charge on any atom is -0.491 e. The molecule has 1 heterocycles. The number of ether oxygens (including phenoxy) is 3. The first kappa shape index (κ1) is 18.8. The van der Waals surface area contributed by atoms with Gasteiger partial charge < -0.3 is 18.6 Å². The Morgan fingerprint density at radius 3 is 2.85 bits per heavy atom. The van der Waals surface area contributed by atoms with E-state index in [4.69, 9.17) is 30.2 Å². The van der Waals surface area contributed by atoms with Crippen LogP contribution in [0.3, 0.4) is 0 Å². The molecule has 7 heteroatoms. The number of methoxy groups -OCH3 is 1. The molecule has 0 aliphatic carbocycles. The second-order valence-electron chi connectivity index (χ2n) is 5.48. The predicted octanol–water partition coefficient (Wildman–Crippen LogP) is 4.65. The summed E-state index contributed by atoms with van der Waals surface area (Å²) in [6.07, 6.45) is 2.89. The Hall–Kier alpha value is -2.99. The van der Waals surface area contributed by atoms with Crippen molar-refractivity contribution in [3.63, 3.8) is 0 Å². The Labute approximate surface area is 161 Å². The van der Waals surface area contributed by atoms with Gasteiger partial charge >= 0.3 is 5.97 Å². The number of para-hydroxylation sites is 2. The predicted molar refractivity (Wildman–Crippen MR) is 102 cm³/mol. The number of aromatic nitrogens is 1. The van der Waals surface area contributed by atoms with Crippen LogP contribution in [-0.2, 0) is 16.1 Å². The number of carbonyl (C=O) groups is 1. The Bertz CT molecular complexity index is 947. The van der Waals surface area contributed by atoms with E-state index in [-0.39, 0.29) is 6.61 Å². The summed E-state index contributed by atoms with van der Waals surface area (Å²) >= 11 is 6.19. The van der Waals surface area contributed by atoms with Gasteiger partial charge in [0.2, 0.25) is 5.89 Å². The average molecular weight is 388 g/mol. The summed E-state index contributed by atoms with van der Waals surface area (Å²) in [6, 6.07) is 10.7. The van der Waals surface area contributed by atoms with Crippen LogP contribution in [0.15, 0.2) is 46.9 Å². The quantitative estimate of drug-likeness (QED) is 0.434. The van der Waals surface area contributed by atoms with Crippen molar-refractivity contribution in [3.05, 3.63) is 59.0 Å². The molecule has 0 saturated carbocycles. The number of oxazole rings is 1. The molecule has 3 aromatic rings. The minimum atomic E-state index is -0.526. The molecule has 0 aliphatic heterocycles. The molecular weight excluding hydrogens is 370 g/mol. The van der Waals surface area contributed by atoms with E-state index in [1.54, 1.807) is 24.3 Å². The van der Waals surface area contributed by atoms with Gasteiger partial charge in [0.1, 0.15) is 5.52 Å². The SMILES string of the molecule is CCOc1cc(/C=C/C(=O)OCc2nc3ccccc3o2)cc(Cl)c1OC. The number of hydrogen-bond acceptors (Lipinski definition) is 6. The molecule has 140 valence electrons. The molecule has 0 unspecified atom stereocenters. The van der Waals surface area contributed by atoms with Crippen LogP contribution in [0.2, 0.25) is 5.02 Å². The van der Waals surface area contributed by atoms with Gasteiger partial charge in [0.15, 0.2) is 23.7 Å². The normalized spacial score (nSPS) is 11.1. The van der Waals surface area contributed by atoms with Crippen LogP contribution in [0.25, 0.3) is 17.2 Å². The Morgan fingerprint density at radius 2 is 2.11 bits per heavy atom. The van der Waals surface area contributed by atoms with Gasteiger partial charge in [-0.3, -0.25) is 0 Å². The summed E-state index contributed by atoms with van der Waals surface area (Å²) in [5.41, 5.74) is 2.05. The number of esters is 1. The molecular formula is C20H18ClNO5. The van der Waals surface area contributed by atoms with Crippen LogP contribution < -0.4 is 9.47 Å². The van der Waals surface area contributed by atoms with Gasteiger partial charge in [-0.2, -0.15) is 0 Å². The zero-order chi connectivity index (χ0) is 19.2. The third-order valence-corrected chi connectivity index (χ3v) is 3.90. The molecule has 0 fully saturated rings. The van der Waals surface area contributed by atoms with Gasteiger partial charge in [0.25, 0.3) is 0 Å². The van der Waals surface area contributed by atoms with Crippen LogP contribution in [-0.4, -0.2) is 24.7 Å². The second-order valence-corrected chi connectivity index (χ2v) is 5.89. The van der Waals surface area contributed by atoms with Gasteiger partial charge in [0, 0.05) is 6.08 Å². The molecule has 3 rings (SSSR count). The van der Waals surface area contributed by atoms with Crippen molar-refractivity contribution in [1.82, 2.24) is 4.98 Å². The average Bonchev–Trinajstić information content (AvgIpc) is 3.08. The third kappa shape index (κ3) is 4.60.